The van der Waals surface area contributed by atoms with Crippen LogP contribution in [0.25, 0.3) is 0 Å². The van der Waals surface area contributed by atoms with Gasteiger partial charge in [0.1, 0.15) is 11.9 Å². The summed E-state index contributed by atoms with van der Waals surface area (Å²) >= 11 is 5.85. The molecule has 1 aromatic heterocycles. The van der Waals surface area contributed by atoms with E-state index in [1.165, 1.54) is 6.26 Å². The lowest BCUT2D eigenvalue weighted by molar-refractivity contribution is 0.219. The van der Waals surface area contributed by atoms with E-state index in [0.29, 0.717) is 12.2 Å². The van der Waals surface area contributed by atoms with Crippen molar-refractivity contribution >= 4 is 11.6 Å². The highest BCUT2D eigenvalue weighted by molar-refractivity contribution is 6.29. The minimum absolute atomic E-state index is 0.231. The van der Waals surface area contributed by atoms with Crippen LogP contribution >= 0.6 is 11.6 Å². The van der Waals surface area contributed by atoms with E-state index in [4.69, 9.17) is 20.8 Å². The molecule has 3 nitrogen and oxygen atoms in total. The van der Waals surface area contributed by atoms with Crippen LogP contribution in [-0.4, -0.2) is 11.7 Å². The average molecular weight is 251 g/mol. The van der Waals surface area contributed by atoms with Crippen LogP contribution in [0.5, 0.6) is 5.75 Å². The van der Waals surface area contributed by atoms with Crippen LogP contribution in [0.3, 0.4) is 0 Å². The fraction of sp³-hybridized carbons (Fsp3) is 0.231. The lowest BCUT2D eigenvalue weighted by Gasteiger charge is -2.10. The zero-order chi connectivity index (χ0) is 11.8. The Balaban J connectivity index is 1.97. The van der Waals surface area contributed by atoms with Crippen molar-refractivity contribution in [2.24, 2.45) is 0 Å². The summed E-state index contributed by atoms with van der Waals surface area (Å²) in [5.74, 6) is 0.902. The number of aliphatic hydroxyl groups is 1. The zero-order valence-electron chi connectivity index (χ0n) is 9.02. The maximum atomic E-state index is 10.2. The van der Waals surface area contributed by atoms with Crippen LogP contribution in [0.1, 0.15) is 22.8 Å². The van der Waals surface area contributed by atoms with Gasteiger partial charge in [-0.1, -0.05) is 6.07 Å². The number of aliphatic hydroxyl groups excluding tert-OH is 1. The van der Waals surface area contributed by atoms with Gasteiger partial charge < -0.3 is 14.3 Å². The molecule has 1 aliphatic heterocycles. The van der Waals surface area contributed by atoms with E-state index < -0.39 is 6.10 Å². The van der Waals surface area contributed by atoms with Crippen LogP contribution in [0.2, 0.25) is 5.22 Å². The molecule has 2 heterocycles. The Labute approximate surface area is 104 Å². The highest BCUT2D eigenvalue weighted by atomic mass is 35.5. The molecular formula is C13H11ClO3. The largest absolute Gasteiger partial charge is 0.493 e. The molecule has 17 heavy (non-hydrogen) atoms. The summed E-state index contributed by atoms with van der Waals surface area (Å²) in [6.07, 6.45) is 1.60. The maximum absolute atomic E-state index is 10.2. The molecule has 0 bridgehead atoms. The second kappa shape index (κ2) is 4.09. The smallest absolute Gasteiger partial charge is 0.199 e. The molecule has 0 fully saturated rings. The van der Waals surface area contributed by atoms with Crippen LogP contribution in [-0.2, 0) is 6.42 Å². The van der Waals surface area contributed by atoms with Gasteiger partial charge in [0.15, 0.2) is 5.22 Å². The van der Waals surface area contributed by atoms with Crippen molar-refractivity contribution in [1.29, 1.82) is 0 Å². The summed E-state index contributed by atoms with van der Waals surface area (Å²) in [4.78, 5) is 0. The number of halogens is 1. The minimum atomic E-state index is -0.757. The lowest BCUT2D eigenvalue weighted by Crippen LogP contribution is -1.99. The molecule has 1 aromatic carbocycles. The van der Waals surface area contributed by atoms with E-state index in [1.807, 2.05) is 18.2 Å². The van der Waals surface area contributed by atoms with Crippen molar-refractivity contribution in [2.75, 3.05) is 6.61 Å². The Morgan fingerprint density at radius 2 is 2.18 bits per heavy atom. The van der Waals surface area contributed by atoms with Gasteiger partial charge >= 0.3 is 0 Å². The van der Waals surface area contributed by atoms with Crippen LogP contribution < -0.4 is 4.74 Å². The molecule has 0 saturated heterocycles. The van der Waals surface area contributed by atoms with Crippen molar-refractivity contribution in [3.8, 4) is 5.75 Å². The molecule has 4 heteroatoms. The van der Waals surface area contributed by atoms with E-state index in [9.17, 15) is 5.11 Å². The zero-order valence-corrected chi connectivity index (χ0v) is 9.78. The second-order valence-electron chi connectivity index (χ2n) is 4.02. The van der Waals surface area contributed by atoms with Gasteiger partial charge in [-0.25, -0.2) is 0 Å². The van der Waals surface area contributed by atoms with E-state index >= 15 is 0 Å². The number of benzene rings is 1. The molecule has 88 valence electrons. The van der Waals surface area contributed by atoms with E-state index in [0.717, 1.165) is 23.3 Å². The number of rotatable bonds is 2. The lowest BCUT2D eigenvalue weighted by atomic mass is 10.0. The summed E-state index contributed by atoms with van der Waals surface area (Å²) in [6.45, 7) is 0.710. The summed E-state index contributed by atoms with van der Waals surface area (Å²) in [5, 5.41) is 10.4. The number of hydrogen-bond donors (Lipinski definition) is 1. The summed E-state index contributed by atoms with van der Waals surface area (Å²) < 4.78 is 10.4. The van der Waals surface area contributed by atoms with Crippen molar-refractivity contribution < 1.29 is 14.3 Å². The molecule has 0 aliphatic carbocycles. The van der Waals surface area contributed by atoms with Gasteiger partial charge in [0, 0.05) is 12.0 Å². The first-order valence-corrected chi connectivity index (χ1v) is 5.80. The summed E-state index contributed by atoms with van der Waals surface area (Å²) in [7, 11) is 0. The van der Waals surface area contributed by atoms with Crippen LogP contribution in [0.4, 0.5) is 0 Å². The van der Waals surface area contributed by atoms with Gasteiger partial charge in [-0.15, -0.1) is 0 Å². The molecule has 0 amide bonds. The first-order valence-electron chi connectivity index (χ1n) is 5.42. The van der Waals surface area contributed by atoms with Crippen molar-refractivity contribution in [3.05, 3.63) is 52.4 Å². The first kappa shape index (κ1) is 10.7. The van der Waals surface area contributed by atoms with Crippen molar-refractivity contribution in [2.45, 2.75) is 12.5 Å². The Morgan fingerprint density at radius 3 is 2.94 bits per heavy atom. The van der Waals surface area contributed by atoms with Gasteiger partial charge in [-0.05, 0) is 40.9 Å². The second-order valence-corrected chi connectivity index (χ2v) is 4.36. The third-order valence-corrected chi connectivity index (χ3v) is 3.28. The van der Waals surface area contributed by atoms with Crippen LogP contribution in [0.15, 0.2) is 34.9 Å². The Hall–Kier alpha value is -1.45. The third-order valence-electron chi connectivity index (χ3n) is 2.97. The van der Waals surface area contributed by atoms with E-state index in [-0.39, 0.29) is 5.22 Å². The number of hydrogen-bond acceptors (Lipinski definition) is 3. The molecule has 3 rings (SSSR count). The predicted molar refractivity (Wildman–Crippen MR) is 63.4 cm³/mol. The molecule has 2 aromatic rings. The molecule has 0 spiro atoms. The Bertz CT molecular complexity index is 547. The molecule has 0 radical (unpaired) electrons. The van der Waals surface area contributed by atoms with Gasteiger partial charge in [-0.2, -0.15) is 0 Å². The maximum Gasteiger partial charge on any atom is 0.199 e. The number of ether oxygens (including phenoxy) is 1. The Morgan fingerprint density at radius 1 is 1.29 bits per heavy atom. The topological polar surface area (TPSA) is 42.6 Å². The number of furan rings is 1. The first-order chi connectivity index (χ1) is 8.25. The Kier molecular flexibility index (Phi) is 2.57. The van der Waals surface area contributed by atoms with Gasteiger partial charge in [0.25, 0.3) is 0 Å². The van der Waals surface area contributed by atoms with Gasteiger partial charge in [0.2, 0.25) is 0 Å². The normalized spacial score (nSPS) is 15.4. The fourth-order valence-electron chi connectivity index (χ4n) is 2.06. The molecule has 1 N–H and O–H groups in total. The molecule has 1 aliphatic rings. The van der Waals surface area contributed by atoms with Gasteiger partial charge in [0.05, 0.1) is 12.9 Å². The van der Waals surface area contributed by atoms with Crippen molar-refractivity contribution in [1.82, 2.24) is 0 Å². The molecular weight excluding hydrogens is 240 g/mol. The summed E-state index contributed by atoms with van der Waals surface area (Å²) in [6, 6.07) is 7.36. The predicted octanol–water partition coefficient (Wildman–Crippen LogP) is 2.95. The van der Waals surface area contributed by atoms with E-state index in [2.05, 4.69) is 0 Å². The molecule has 1 atom stereocenters. The highest BCUT2D eigenvalue weighted by Crippen LogP contribution is 2.33. The quantitative estimate of drug-likeness (QED) is 0.891. The average Bonchev–Trinajstić information content (AvgIpc) is 2.95. The van der Waals surface area contributed by atoms with Crippen LogP contribution in [0, 0.1) is 0 Å². The fourth-order valence-corrected chi connectivity index (χ4v) is 2.27. The van der Waals surface area contributed by atoms with E-state index in [1.54, 1.807) is 6.07 Å². The minimum Gasteiger partial charge on any atom is -0.493 e. The standard InChI is InChI=1S/C13H11ClO3/c14-13-10(4-6-17-13)12(15)9-1-2-11-8(7-9)3-5-16-11/h1-2,4,6-7,12,15H,3,5H2. The highest BCUT2D eigenvalue weighted by Gasteiger charge is 2.19. The summed E-state index contributed by atoms with van der Waals surface area (Å²) in [5.41, 5.74) is 2.52. The molecule has 1 unspecified atom stereocenters. The number of fused-ring (bicyclic) bond motifs is 1. The monoisotopic (exact) mass is 250 g/mol. The molecule has 0 saturated carbocycles. The third kappa shape index (κ3) is 1.81. The van der Waals surface area contributed by atoms with Crippen molar-refractivity contribution in [3.63, 3.8) is 0 Å². The van der Waals surface area contributed by atoms with Gasteiger partial charge in [-0.3, -0.25) is 0 Å². The SMILES string of the molecule is OC(c1ccc2c(c1)CCO2)c1ccoc1Cl.